The summed E-state index contributed by atoms with van der Waals surface area (Å²) in [6, 6.07) is 3.74. The van der Waals surface area contributed by atoms with Crippen molar-refractivity contribution in [2.24, 2.45) is 4.99 Å². The largest absolute Gasteiger partial charge is 0.444 e. The third-order valence-electron chi connectivity index (χ3n) is 6.39. The number of halogens is 3. The SMILES string of the molecule is CCCc1cncc(C#N)c1.C\C=C(C(/C(C)=N/C=C/CC)=C(/C)N1CCN(C(=O)OC(C)(C)C)C(C)C1)\C(F)(F)F. The predicted octanol–water partition coefficient (Wildman–Crippen LogP) is 8.00. The van der Waals surface area contributed by atoms with E-state index in [1.54, 1.807) is 51.8 Å². The van der Waals surface area contributed by atoms with Crippen molar-refractivity contribution in [1.82, 2.24) is 14.8 Å². The molecule has 2 rings (SSSR count). The lowest BCUT2D eigenvalue weighted by molar-refractivity contribution is -0.0891. The van der Waals surface area contributed by atoms with Gasteiger partial charge in [-0.15, -0.1) is 0 Å². The van der Waals surface area contributed by atoms with Crippen LogP contribution in [0.25, 0.3) is 0 Å². The van der Waals surface area contributed by atoms with Crippen molar-refractivity contribution >= 4 is 11.8 Å². The molecule has 1 atom stereocenters. The number of aryl methyl sites for hydroxylation is 1. The molecule has 1 fully saturated rings. The molecule has 0 bridgehead atoms. The fourth-order valence-electron chi connectivity index (χ4n) is 4.42. The molecule has 232 valence electrons. The van der Waals surface area contributed by atoms with Gasteiger partial charge in [-0.1, -0.05) is 32.4 Å². The normalized spacial score (nSPS) is 17.4. The molecule has 42 heavy (non-hydrogen) atoms. The molecule has 1 aromatic rings. The Morgan fingerprint density at radius 2 is 1.88 bits per heavy atom. The molecular weight excluding hydrogens is 543 g/mol. The summed E-state index contributed by atoms with van der Waals surface area (Å²) in [5, 5.41) is 8.54. The second kappa shape index (κ2) is 16.7. The topological polar surface area (TPSA) is 81.8 Å². The van der Waals surface area contributed by atoms with Gasteiger partial charge in [0.1, 0.15) is 11.7 Å². The summed E-state index contributed by atoms with van der Waals surface area (Å²) in [7, 11) is 0. The summed E-state index contributed by atoms with van der Waals surface area (Å²) >= 11 is 0. The Bertz CT molecular complexity index is 1200. The smallest absolute Gasteiger partial charge is 0.416 e. The molecule has 1 aliphatic rings. The molecule has 7 nitrogen and oxygen atoms in total. The molecule has 0 aliphatic carbocycles. The van der Waals surface area contributed by atoms with Crippen LogP contribution < -0.4 is 0 Å². The lowest BCUT2D eigenvalue weighted by Crippen LogP contribution is -2.54. The number of hydrogen-bond acceptors (Lipinski definition) is 6. The van der Waals surface area contributed by atoms with Gasteiger partial charge in [0, 0.05) is 61.3 Å². The summed E-state index contributed by atoms with van der Waals surface area (Å²) in [6.45, 7) is 17.2. The number of allylic oxidation sites excluding steroid dienone is 5. The summed E-state index contributed by atoms with van der Waals surface area (Å²) in [6.07, 6.45) is 5.74. The van der Waals surface area contributed by atoms with Gasteiger partial charge in [0.05, 0.1) is 11.1 Å². The number of piperazine rings is 1. The third kappa shape index (κ3) is 11.7. The van der Waals surface area contributed by atoms with Crippen LogP contribution in [0, 0.1) is 11.3 Å². The highest BCUT2D eigenvalue weighted by molar-refractivity contribution is 6.03. The van der Waals surface area contributed by atoms with Gasteiger partial charge in [-0.2, -0.15) is 18.4 Å². The van der Waals surface area contributed by atoms with E-state index < -0.39 is 23.4 Å². The fourth-order valence-corrected chi connectivity index (χ4v) is 4.42. The molecule has 1 unspecified atom stereocenters. The van der Waals surface area contributed by atoms with Gasteiger partial charge in [0.15, 0.2) is 0 Å². The van der Waals surface area contributed by atoms with Gasteiger partial charge in [0.25, 0.3) is 0 Å². The van der Waals surface area contributed by atoms with Crippen LogP contribution >= 0.6 is 0 Å². The minimum absolute atomic E-state index is 0.0775. The molecule has 1 aliphatic heterocycles. The van der Waals surface area contributed by atoms with Gasteiger partial charge < -0.3 is 14.5 Å². The summed E-state index contributed by atoms with van der Waals surface area (Å²) in [5.41, 5.74) is 1.35. The van der Waals surface area contributed by atoms with Gasteiger partial charge in [-0.25, -0.2) is 4.79 Å². The molecule has 2 heterocycles. The highest BCUT2D eigenvalue weighted by Crippen LogP contribution is 2.35. The average Bonchev–Trinajstić information content (AvgIpc) is 2.90. The summed E-state index contributed by atoms with van der Waals surface area (Å²) < 4.78 is 46.8. The molecule has 0 saturated carbocycles. The number of nitriles is 1. The number of pyridine rings is 1. The number of carbonyl (C=O) groups is 1. The highest BCUT2D eigenvalue weighted by Gasteiger charge is 2.38. The Morgan fingerprint density at radius 1 is 1.21 bits per heavy atom. The number of carbonyl (C=O) groups excluding carboxylic acids is 1. The van der Waals surface area contributed by atoms with Crippen molar-refractivity contribution in [3.63, 3.8) is 0 Å². The van der Waals surface area contributed by atoms with Crippen molar-refractivity contribution in [3.8, 4) is 6.07 Å². The second-order valence-corrected chi connectivity index (χ2v) is 11.1. The lowest BCUT2D eigenvalue weighted by atomic mass is 9.97. The molecule has 0 aromatic carbocycles. The highest BCUT2D eigenvalue weighted by atomic mass is 19.4. The molecule has 10 heteroatoms. The number of ether oxygens (including phenoxy) is 1. The van der Waals surface area contributed by atoms with Gasteiger partial charge in [0.2, 0.25) is 0 Å². The van der Waals surface area contributed by atoms with Crippen LogP contribution in [-0.2, 0) is 11.2 Å². The van der Waals surface area contributed by atoms with E-state index >= 15 is 0 Å². The minimum Gasteiger partial charge on any atom is -0.444 e. The van der Waals surface area contributed by atoms with E-state index in [2.05, 4.69) is 23.0 Å². The molecule has 0 spiro atoms. The number of aliphatic imine (C=N–C) groups is 1. The molecule has 0 N–H and O–H groups in total. The van der Waals surface area contributed by atoms with E-state index in [1.165, 1.54) is 13.1 Å². The quantitative estimate of drug-likeness (QED) is 0.238. The first-order valence-corrected chi connectivity index (χ1v) is 14.3. The van der Waals surface area contributed by atoms with Crippen LogP contribution in [0.15, 0.2) is 58.6 Å². The van der Waals surface area contributed by atoms with Crippen LogP contribution in [0.3, 0.4) is 0 Å². The first-order valence-electron chi connectivity index (χ1n) is 14.3. The Hall–Kier alpha value is -3.61. The number of rotatable bonds is 7. The number of hydrogen-bond donors (Lipinski definition) is 0. The van der Waals surface area contributed by atoms with Crippen molar-refractivity contribution in [2.75, 3.05) is 19.6 Å². The maximum absolute atomic E-state index is 13.8. The summed E-state index contributed by atoms with van der Waals surface area (Å²) in [4.78, 5) is 24.2. The van der Waals surface area contributed by atoms with E-state index in [9.17, 15) is 18.0 Å². The van der Waals surface area contributed by atoms with Crippen LogP contribution in [0.4, 0.5) is 18.0 Å². The number of nitrogens with zero attached hydrogens (tertiary/aromatic N) is 5. The van der Waals surface area contributed by atoms with Crippen molar-refractivity contribution < 1.29 is 22.7 Å². The third-order valence-corrected chi connectivity index (χ3v) is 6.39. The first-order chi connectivity index (χ1) is 19.6. The molecule has 0 radical (unpaired) electrons. The summed E-state index contributed by atoms with van der Waals surface area (Å²) in [5.74, 6) is 0. The number of alkyl halides is 3. The Kier molecular flexibility index (Phi) is 14.5. The van der Waals surface area contributed by atoms with E-state index in [0.29, 0.717) is 36.6 Å². The van der Waals surface area contributed by atoms with Gasteiger partial charge in [-0.3, -0.25) is 9.98 Å². The first kappa shape index (κ1) is 36.4. The van der Waals surface area contributed by atoms with E-state index in [1.807, 2.05) is 31.0 Å². The molecular formula is C32H46F3N5O2. The Morgan fingerprint density at radius 3 is 2.38 bits per heavy atom. The number of amides is 1. The predicted molar refractivity (Wildman–Crippen MR) is 162 cm³/mol. The van der Waals surface area contributed by atoms with Crippen LogP contribution in [0.2, 0.25) is 0 Å². The maximum Gasteiger partial charge on any atom is 0.416 e. The molecule has 1 aromatic heterocycles. The Labute approximate surface area is 249 Å². The van der Waals surface area contributed by atoms with E-state index in [0.717, 1.165) is 30.9 Å². The second-order valence-electron chi connectivity index (χ2n) is 11.1. The zero-order chi connectivity index (χ0) is 32.1. The lowest BCUT2D eigenvalue weighted by Gasteiger charge is -2.42. The standard InChI is InChI=1S/C23H36F3N3O2.C9H10N2/c1-9-11-12-27-17(4)20(19(10-2)23(24,25)26)18(5)28-13-14-29(16(3)15-28)21(30)31-22(6,7)8;1-2-3-8-4-9(5-10)7-11-6-8/h10-12,16H,9,13-15H2,1-8H3;4,6-7H,2-3H2,1H3/b12-11+,19-10+,20-18-,27-17+;. The Balaban J connectivity index is 0.000000666. The van der Waals surface area contributed by atoms with Crippen molar-refractivity contribution in [3.05, 3.63) is 64.8 Å². The average molecular weight is 590 g/mol. The maximum atomic E-state index is 13.8. The number of aromatic nitrogens is 1. The van der Waals surface area contributed by atoms with Crippen LogP contribution in [0.5, 0.6) is 0 Å². The van der Waals surface area contributed by atoms with Gasteiger partial charge >= 0.3 is 12.3 Å². The zero-order valence-corrected chi connectivity index (χ0v) is 26.5. The van der Waals surface area contributed by atoms with Crippen molar-refractivity contribution in [1.29, 1.82) is 5.26 Å². The van der Waals surface area contributed by atoms with E-state index in [4.69, 9.17) is 10.00 Å². The fraction of sp³-hybridized carbons (Fsp3) is 0.562. The van der Waals surface area contributed by atoms with Gasteiger partial charge in [-0.05, 0) is 72.9 Å². The molecule has 1 amide bonds. The van der Waals surface area contributed by atoms with E-state index in [-0.39, 0.29) is 11.6 Å². The monoisotopic (exact) mass is 589 g/mol. The van der Waals surface area contributed by atoms with Crippen molar-refractivity contribution in [2.45, 2.75) is 99.4 Å². The van der Waals surface area contributed by atoms with Crippen LogP contribution in [-0.4, -0.2) is 64.0 Å². The zero-order valence-electron chi connectivity index (χ0n) is 26.5. The minimum atomic E-state index is -4.50. The van der Waals surface area contributed by atoms with Crippen LogP contribution in [0.1, 0.15) is 86.3 Å². The molecule has 1 saturated heterocycles.